The Morgan fingerprint density at radius 1 is 1.31 bits per heavy atom. The lowest BCUT2D eigenvalue weighted by molar-refractivity contribution is 0.396. The average molecular weight is 176 g/mol. The number of hydrazone groups is 1. The molecular formula is C10H12N2O. The standard InChI is InChI=1S/C10H12N2O/c1-13-10-7-8-12(11-10)9-5-3-2-4-6-9/h2-6H,7-8H2,1H3. The van der Waals surface area contributed by atoms with E-state index in [1.165, 1.54) is 0 Å². The largest absolute Gasteiger partial charge is 0.483 e. The van der Waals surface area contributed by atoms with Crippen molar-refractivity contribution in [1.82, 2.24) is 0 Å². The molecule has 0 aliphatic carbocycles. The molecule has 68 valence electrons. The molecule has 0 saturated heterocycles. The SMILES string of the molecule is COC1=NN(c2ccccc2)CC1. The Hall–Kier alpha value is -1.51. The topological polar surface area (TPSA) is 24.8 Å². The first-order chi connectivity index (χ1) is 6.40. The Labute approximate surface area is 77.6 Å². The number of hydrogen-bond donors (Lipinski definition) is 0. The number of methoxy groups -OCH3 is 1. The van der Waals surface area contributed by atoms with Crippen molar-refractivity contribution in [1.29, 1.82) is 0 Å². The van der Waals surface area contributed by atoms with Gasteiger partial charge in [-0.15, -0.1) is 5.10 Å². The van der Waals surface area contributed by atoms with E-state index in [0.717, 1.165) is 24.6 Å². The average Bonchev–Trinajstić information content (AvgIpc) is 2.67. The van der Waals surface area contributed by atoms with Crippen LogP contribution in [0.5, 0.6) is 0 Å². The van der Waals surface area contributed by atoms with Crippen molar-refractivity contribution >= 4 is 11.6 Å². The fraction of sp³-hybridized carbons (Fsp3) is 0.300. The Balaban J connectivity index is 2.16. The first-order valence-corrected chi connectivity index (χ1v) is 4.34. The minimum Gasteiger partial charge on any atom is -0.483 e. The first-order valence-electron chi connectivity index (χ1n) is 4.34. The van der Waals surface area contributed by atoms with Crippen LogP contribution in [-0.4, -0.2) is 19.6 Å². The van der Waals surface area contributed by atoms with Gasteiger partial charge < -0.3 is 4.74 Å². The van der Waals surface area contributed by atoms with Gasteiger partial charge in [0.25, 0.3) is 0 Å². The molecule has 0 fully saturated rings. The molecule has 0 amide bonds. The predicted octanol–water partition coefficient (Wildman–Crippen LogP) is 1.86. The maximum absolute atomic E-state index is 5.07. The van der Waals surface area contributed by atoms with E-state index in [4.69, 9.17) is 4.74 Å². The van der Waals surface area contributed by atoms with Gasteiger partial charge >= 0.3 is 0 Å². The highest BCUT2D eigenvalue weighted by Gasteiger charge is 2.15. The third-order valence-corrected chi connectivity index (χ3v) is 2.06. The van der Waals surface area contributed by atoms with Gasteiger partial charge in [0.05, 0.1) is 19.3 Å². The van der Waals surface area contributed by atoms with Crippen LogP contribution in [0, 0.1) is 0 Å². The van der Waals surface area contributed by atoms with Crippen LogP contribution in [-0.2, 0) is 4.74 Å². The summed E-state index contributed by atoms with van der Waals surface area (Å²) in [7, 11) is 1.66. The summed E-state index contributed by atoms with van der Waals surface area (Å²) in [6.45, 7) is 0.910. The van der Waals surface area contributed by atoms with Gasteiger partial charge in [-0.25, -0.2) is 0 Å². The summed E-state index contributed by atoms with van der Waals surface area (Å²) in [5, 5.41) is 6.26. The Morgan fingerprint density at radius 3 is 2.69 bits per heavy atom. The lowest BCUT2D eigenvalue weighted by atomic mass is 10.3. The maximum Gasteiger partial charge on any atom is 0.207 e. The summed E-state index contributed by atoms with van der Waals surface area (Å²) in [5.41, 5.74) is 1.12. The summed E-state index contributed by atoms with van der Waals surface area (Å²) in [4.78, 5) is 0. The number of benzene rings is 1. The molecule has 0 bridgehead atoms. The Morgan fingerprint density at radius 2 is 2.08 bits per heavy atom. The normalized spacial score (nSPS) is 15.8. The van der Waals surface area contributed by atoms with E-state index in [1.807, 2.05) is 35.3 Å². The van der Waals surface area contributed by atoms with Crippen molar-refractivity contribution in [2.75, 3.05) is 18.7 Å². The zero-order valence-electron chi connectivity index (χ0n) is 7.60. The molecule has 1 aromatic rings. The Bertz CT molecular complexity index is 308. The molecule has 13 heavy (non-hydrogen) atoms. The second-order valence-corrected chi connectivity index (χ2v) is 2.91. The van der Waals surface area contributed by atoms with Gasteiger partial charge in [0, 0.05) is 6.42 Å². The summed E-state index contributed by atoms with van der Waals surface area (Å²) >= 11 is 0. The number of para-hydroxylation sites is 1. The number of rotatable bonds is 1. The van der Waals surface area contributed by atoms with Gasteiger partial charge in [-0.3, -0.25) is 5.01 Å². The molecule has 0 atom stereocenters. The van der Waals surface area contributed by atoms with Crippen LogP contribution in [0.1, 0.15) is 6.42 Å². The molecular weight excluding hydrogens is 164 g/mol. The quantitative estimate of drug-likeness (QED) is 0.652. The van der Waals surface area contributed by atoms with Crippen LogP contribution in [0.3, 0.4) is 0 Å². The fourth-order valence-corrected chi connectivity index (χ4v) is 1.37. The second kappa shape index (κ2) is 3.47. The maximum atomic E-state index is 5.07. The molecule has 3 heteroatoms. The lowest BCUT2D eigenvalue weighted by Crippen LogP contribution is -2.11. The molecule has 1 aliphatic rings. The van der Waals surface area contributed by atoms with Crippen molar-refractivity contribution in [3.05, 3.63) is 30.3 Å². The van der Waals surface area contributed by atoms with Gasteiger partial charge in [-0.2, -0.15) is 0 Å². The minimum absolute atomic E-state index is 0.809. The summed E-state index contributed by atoms with van der Waals surface area (Å²) in [6, 6.07) is 10.1. The van der Waals surface area contributed by atoms with Crippen LogP contribution >= 0.6 is 0 Å². The summed E-state index contributed by atoms with van der Waals surface area (Å²) < 4.78 is 5.07. The highest BCUT2D eigenvalue weighted by molar-refractivity contribution is 5.80. The number of anilines is 1. The van der Waals surface area contributed by atoms with E-state index in [9.17, 15) is 0 Å². The predicted molar refractivity (Wildman–Crippen MR) is 52.8 cm³/mol. The van der Waals surface area contributed by atoms with Crippen molar-refractivity contribution in [3.8, 4) is 0 Å². The summed E-state index contributed by atoms with van der Waals surface area (Å²) in [5.74, 6) is 0.809. The lowest BCUT2D eigenvalue weighted by Gasteiger charge is -2.11. The highest BCUT2D eigenvalue weighted by atomic mass is 16.5. The van der Waals surface area contributed by atoms with Gasteiger partial charge in [-0.05, 0) is 12.1 Å². The molecule has 2 rings (SSSR count). The second-order valence-electron chi connectivity index (χ2n) is 2.91. The molecule has 0 unspecified atom stereocenters. The summed E-state index contributed by atoms with van der Waals surface area (Å²) in [6.07, 6.45) is 0.894. The zero-order chi connectivity index (χ0) is 9.10. The van der Waals surface area contributed by atoms with Crippen LogP contribution in [0.25, 0.3) is 0 Å². The fourth-order valence-electron chi connectivity index (χ4n) is 1.37. The molecule has 0 spiro atoms. The van der Waals surface area contributed by atoms with E-state index < -0.39 is 0 Å². The number of hydrogen-bond acceptors (Lipinski definition) is 3. The van der Waals surface area contributed by atoms with Gasteiger partial charge in [0.1, 0.15) is 0 Å². The molecule has 0 saturated carbocycles. The van der Waals surface area contributed by atoms with E-state index in [0.29, 0.717) is 0 Å². The van der Waals surface area contributed by atoms with Crippen LogP contribution in [0.4, 0.5) is 5.69 Å². The van der Waals surface area contributed by atoms with Crippen molar-refractivity contribution in [2.45, 2.75) is 6.42 Å². The molecule has 3 nitrogen and oxygen atoms in total. The molecule has 0 N–H and O–H groups in total. The highest BCUT2D eigenvalue weighted by Crippen LogP contribution is 2.18. The van der Waals surface area contributed by atoms with Gasteiger partial charge in [-0.1, -0.05) is 18.2 Å². The van der Waals surface area contributed by atoms with Crippen LogP contribution in [0.2, 0.25) is 0 Å². The van der Waals surface area contributed by atoms with Crippen molar-refractivity contribution in [2.24, 2.45) is 5.10 Å². The third-order valence-electron chi connectivity index (χ3n) is 2.06. The molecule has 1 heterocycles. The molecule has 0 radical (unpaired) electrons. The van der Waals surface area contributed by atoms with E-state index in [1.54, 1.807) is 7.11 Å². The van der Waals surface area contributed by atoms with E-state index >= 15 is 0 Å². The van der Waals surface area contributed by atoms with Crippen LogP contribution in [0.15, 0.2) is 35.4 Å². The first kappa shape index (κ1) is 8.10. The Kier molecular flexibility index (Phi) is 2.17. The van der Waals surface area contributed by atoms with Gasteiger partial charge in [0.2, 0.25) is 5.90 Å². The number of nitrogens with zero attached hydrogens (tertiary/aromatic N) is 2. The molecule has 0 aromatic heterocycles. The molecule has 1 aromatic carbocycles. The van der Waals surface area contributed by atoms with Crippen molar-refractivity contribution < 1.29 is 4.74 Å². The van der Waals surface area contributed by atoms with Gasteiger partial charge in [0.15, 0.2) is 0 Å². The van der Waals surface area contributed by atoms with Crippen molar-refractivity contribution in [3.63, 3.8) is 0 Å². The zero-order valence-corrected chi connectivity index (χ0v) is 7.60. The van der Waals surface area contributed by atoms with E-state index in [2.05, 4.69) is 5.10 Å². The third kappa shape index (κ3) is 1.64. The monoisotopic (exact) mass is 176 g/mol. The molecule has 1 aliphatic heterocycles. The van der Waals surface area contributed by atoms with E-state index in [-0.39, 0.29) is 0 Å². The minimum atomic E-state index is 0.809. The number of ether oxygens (including phenoxy) is 1. The smallest absolute Gasteiger partial charge is 0.207 e. The van der Waals surface area contributed by atoms with Crippen LogP contribution < -0.4 is 5.01 Å².